The number of imidazole rings is 1. The Labute approximate surface area is 123 Å². The lowest BCUT2D eigenvalue weighted by atomic mass is 10.5. The molecule has 0 amide bonds. The molecule has 2 saturated heterocycles. The van der Waals surface area contributed by atoms with Gasteiger partial charge >= 0.3 is 7.82 Å². The number of aromatic nitrogens is 4. The quantitative estimate of drug-likeness (QED) is 0.468. The van der Waals surface area contributed by atoms with Crippen molar-refractivity contribution >= 4 is 24.8 Å². The highest BCUT2D eigenvalue weighted by molar-refractivity contribution is 7.47. The molecular weight excluding hydrogens is 322 g/mol. The summed E-state index contributed by atoms with van der Waals surface area (Å²) in [5.41, 5.74) is 6.49. The van der Waals surface area contributed by atoms with E-state index >= 15 is 0 Å². The Hall–Kier alpha value is -1.62. The molecule has 11 nitrogen and oxygen atoms in total. The minimum absolute atomic E-state index is 0.202. The first kappa shape index (κ1) is 14.0. The molecule has 2 fully saturated rings. The molecule has 118 valence electrons. The van der Waals surface area contributed by atoms with Crippen LogP contribution in [0.2, 0.25) is 0 Å². The highest BCUT2D eigenvalue weighted by atomic mass is 31.2. The molecule has 4 N–H and O–H groups in total. The number of aliphatic hydroxyl groups excluding tert-OH is 1. The Balaban J connectivity index is 1.78. The fourth-order valence-electron chi connectivity index (χ4n) is 2.71. The van der Waals surface area contributed by atoms with Gasteiger partial charge in [0.1, 0.15) is 30.2 Å². The summed E-state index contributed by atoms with van der Waals surface area (Å²) in [5.74, 6) is 0.202. The number of fused-ring (bicyclic) bond motifs is 2. The maximum absolute atomic E-state index is 11.6. The third-order valence-electron chi connectivity index (χ3n) is 3.64. The summed E-state index contributed by atoms with van der Waals surface area (Å²) in [5, 5.41) is 9.35. The molecule has 0 radical (unpaired) electrons. The van der Waals surface area contributed by atoms with E-state index in [0.29, 0.717) is 11.2 Å². The van der Waals surface area contributed by atoms with E-state index < -0.39 is 32.4 Å². The number of phosphoric acid groups is 1. The van der Waals surface area contributed by atoms with E-state index in [-0.39, 0.29) is 12.4 Å². The first-order chi connectivity index (χ1) is 10.5. The lowest BCUT2D eigenvalue weighted by Crippen LogP contribution is -2.30. The number of hydrogen-bond acceptors (Lipinski definition) is 9. The first-order valence-electron chi connectivity index (χ1n) is 6.39. The smallest absolute Gasteiger partial charge is 0.394 e. The minimum Gasteiger partial charge on any atom is -0.394 e. The second-order valence-corrected chi connectivity index (χ2v) is 6.30. The maximum atomic E-state index is 11.6. The van der Waals surface area contributed by atoms with Gasteiger partial charge in [-0.15, -0.1) is 0 Å². The summed E-state index contributed by atoms with van der Waals surface area (Å²) >= 11 is 0. The highest BCUT2D eigenvalue weighted by Crippen LogP contribution is 2.58. The second kappa shape index (κ2) is 4.69. The average Bonchev–Trinajstić information content (AvgIpc) is 3.10. The molecule has 4 heterocycles. The van der Waals surface area contributed by atoms with Crippen LogP contribution in [-0.2, 0) is 18.3 Å². The van der Waals surface area contributed by atoms with Gasteiger partial charge in [0, 0.05) is 0 Å². The van der Waals surface area contributed by atoms with Gasteiger partial charge in [-0.25, -0.2) is 19.5 Å². The molecule has 12 heteroatoms. The van der Waals surface area contributed by atoms with E-state index in [0.717, 1.165) is 0 Å². The van der Waals surface area contributed by atoms with Crippen LogP contribution in [0.15, 0.2) is 12.7 Å². The molecule has 4 rings (SSSR count). The number of nitrogens with zero attached hydrogens (tertiary/aromatic N) is 4. The summed E-state index contributed by atoms with van der Waals surface area (Å²) in [6.45, 7) is -0.384. The largest absolute Gasteiger partial charge is 0.473 e. The predicted octanol–water partition coefficient (Wildman–Crippen LogP) is -0.817. The molecule has 0 saturated carbocycles. The van der Waals surface area contributed by atoms with Crippen molar-refractivity contribution < 1.29 is 28.3 Å². The SMILES string of the molecule is Nc1ncnc2c1ncn2[13CH]1O[13CH]([13CH2]O)[13CH]2OP(=O)(O)O[13CH]21. The Bertz CT molecular complexity index is 782. The Morgan fingerprint density at radius 1 is 1.32 bits per heavy atom. The zero-order valence-electron chi connectivity index (χ0n) is 11.0. The molecule has 22 heavy (non-hydrogen) atoms. The van der Waals surface area contributed by atoms with Crippen molar-refractivity contribution in [2.24, 2.45) is 0 Å². The van der Waals surface area contributed by atoms with Crippen molar-refractivity contribution in [3.8, 4) is 0 Å². The highest BCUT2D eigenvalue weighted by Gasteiger charge is 2.57. The summed E-state index contributed by atoms with van der Waals surface area (Å²) in [4.78, 5) is 21.5. The van der Waals surface area contributed by atoms with Crippen molar-refractivity contribution in [1.82, 2.24) is 19.5 Å². The summed E-state index contributed by atoms with van der Waals surface area (Å²) in [6, 6.07) is 0. The number of anilines is 1. The van der Waals surface area contributed by atoms with Gasteiger partial charge < -0.3 is 20.5 Å². The molecule has 2 aromatic rings. The van der Waals surface area contributed by atoms with Crippen molar-refractivity contribution in [2.75, 3.05) is 12.3 Å². The van der Waals surface area contributed by atoms with Gasteiger partial charge in [0.15, 0.2) is 17.7 Å². The molecule has 2 aliphatic rings. The monoisotopic (exact) mass is 334 g/mol. The zero-order chi connectivity index (χ0) is 15.5. The number of nitrogen functional groups attached to an aromatic ring is 1. The lowest BCUT2D eigenvalue weighted by Gasteiger charge is -2.18. The van der Waals surface area contributed by atoms with Crippen LogP contribution in [-0.4, -0.2) is 54.4 Å². The van der Waals surface area contributed by atoms with E-state index in [9.17, 15) is 14.6 Å². The van der Waals surface area contributed by atoms with Crippen molar-refractivity contribution in [3.63, 3.8) is 0 Å². The van der Waals surface area contributed by atoms with E-state index in [2.05, 4.69) is 15.0 Å². The lowest BCUT2D eigenvalue weighted by molar-refractivity contribution is -0.0589. The van der Waals surface area contributed by atoms with Crippen LogP contribution in [0.25, 0.3) is 11.2 Å². The van der Waals surface area contributed by atoms with Crippen LogP contribution in [0.4, 0.5) is 5.82 Å². The normalized spacial score (nSPS) is 37.7. The number of rotatable bonds is 2. The van der Waals surface area contributed by atoms with Crippen molar-refractivity contribution in [1.29, 1.82) is 0 Å². The standard InChI is InChI=1S/C10H12N5O6P/c11-8-5-9(13-2-12-8)15(3-14-5)10-7-6(4(1-16)19-10)20-22(17,18)21-7/h2-4,6-7,10,16H,1H2,(H,17,18)(H2,11,12,13)/i1+1,4+1,6+1,7+1,10+1. The van der Waals surface area contributed by atoms with E-state index in [1.165, 1.54) is 17.2 Å². The van der Waals surface area contributed by atoms with Crippen LogP contribution >= 0.6 is 7.82 Å². The number of aliphatic hydroxyl groups is 1. The van der Waals surface area contributed by atoms with Gasteiger partial charge in [-0.2, -0.15) is 0 Å². The number of ether oxygens (including phenoxy) is 1. The Morgan fingerprint density at radius 2 is 2.09 bits per heavy atom. The third-order valence-corrected chi connectivity index (χ3v) is 4.66. The van der Waals surface area contributed by atoms with Crippen LogP contribution < -0.4 is 5.73 Å². The first-order valence-corrected chi connectivity index (χ1v) is 7.88. The fraction of sp³-hybridized carbons (Fsp3) is 0.500. The third kappa shape index (κ3) is 1.95. The van der Waals surface area contributed by atoms with Crippen LogP contribution in [0.5, 0.6) is 0 Å². The average molecular weight is 334 g/mol. The van der Waals surface area contributed by atoms with Crippen molar-refractivity contribution in [2.45, 2.75) is 24.5 Å². The van der Waals surface area contributed by atoms with Gasteiger partial charge in [0.25, 0.3) is 0 Å². The van der Waals surface area contributed by atoms with E-state index in [1.807, 2.05) is 0 Å². The zero-order valence-corrected chi connectivity index (χ0v) is 11.9. The fourth-order valence-corrected chi connectivity index (χ4v) is 3.85. The van der Waals surface area contributed by atoms with Gasteiger partial charge in [-0.05, 0) is 0 Å². The van der Waals surface area contributed by atoms with E-state index in [4.69, 9.17) is 19.5 Å². The van der Waals surface area contributed by atoms with Gasteiger partial charge in [-0.3, -0.25) is 13.6 Å². The van der Waals surface area contributed by atoms with Crippen molar-refractivity contribution in [3.05, 3.63) is 12.7 Å². The predicted molar refractivity (Wildman–Crippen MR) is 70.3 cm³/mol. The summed E-state index contributed by atoms with van der Waals surface area (Å²) in [6.07, 6.45) is -0.668. The molecule has 0 bridgehead atoms. The Kier molecular flexibility index (Phi) is 2.98. The molecule has 0 aliphatic carbocycles. The second-order valence-electron chi connectivity index (χ2n) is 4.94. The molecule has 0 aromatic carbocycles. The maximum Gasteiger partial charge on any atom is 0.473 e. The van der Waals surface area contributed by atoms with Crippen LogP contribution in [0.3, 0.4) is 0 Å². The number of nitrogens with two attached hydrogens (primary N) is 1. The molecule has 2 aromatic heterocycles. The molecular formula is C10H12N5O6P. The molecule has 0 spiro atoms. The van der Waals surface area contributed by atoms with E-state index in [1.54, 1.807) is 0 Å². The van der Waals surface area contributed by atoms with Gasteiger partial charge in [0.05, 0.1) is 12.9 Å². The molecule has 2 aliphatic heterocycles. The van der Waals surface area contributed by atoms with Gasteiger partial charge in [0.2, 0.25) is 0 Å². The van der Waals surface area contributed by atoms with Crippen LogP contribution in [0, 0.1) is 0 Å². The molecule has 5 unspecified atom stereocenters. The summed E-state index contributed by atoms with van der Waals surface area (Å²) < 4.78 is 28.8. The number of phosphoric ester groups is 1. The minimum atomic E-state index is -4.16. The number of hydrogen-bond donors (Lipinski definition) is 3. The Morgan fingerprint density at radius 3 is 2.86 bits per heavy atom. The molecule has 5 atom stereocenters. The van der Waals surface area contributed by atoms with Crippen LogP contribution in [0.1, 0.15) is 6.23 Å². The topological polar surface area (TPSA) is 155 Å². The van der Waals surface area contributed by atoms with Gasteiger partial charge in [-0.1, -0.05) is 0 Å². The summed E-state index contributed by atoms with van der Waals surface area (Å²) in [7, 11) is -4.16.